The number of nitriles is 1. The fourth-order valence-electron chi connectivity index (χ4n) is 3.48. The topological polar surface area (TPSA) is 92.1 Å². The molecular formula is C18H27N5O2. The Morgan fingerprint density at radius 2 is 2.08 bits per heavy atom. The SMILES string of the molecule is CCOC1CCC(Nc2ncc(C#N)c(NC3CCCOC3)n2)CC1. The van der Waals surface area contributed by atoms with Gasteiger partial charge in [-0.25, -0.2) is 4.98 Å². The summed E-state index contributed by atoms with van der Waals surface area (Å²) < 4.78 is 11.2. The maximum Gasteiger partial charge on any atom is 0.224 e. The second kappa shape index (κ2) is 8.97. The lowest BCUT2D eigenvalue weighted by Gasteiger charge is -2.29. The first kappa shape index (κ1) is 17.9. The molecule has 0 bridgehead atoms. The van der Waals surface area contributed by atoms with Crippen LogP contribution in [-0.2, 0) is 9.47 Å². The van der Waals surface area contributed by atoms with E-state index in [-0.39, 0.29) is 6.04 Å². The summed E-state index contributed by atoms with van der Waals surface area (Å²) in [5.74, 6) is 1.18. The van der Waals surface area contributed by atoms with E-state index >= 15 is 0 Å². The molecule has 7 nitrogen and oxygen atoms in total. The molecule has 7 heteroatoms. The van der Waals surface area contributed by atoms with Crippen molar-refractivity contribution in [3.63, 3.8) is 0 Å². The Labute approximate surface area is 149 Å². The minimum absolute atomic E-state index is 0.199. The van der Waals surface area contributed by atoms with Crippen molar-refractivity contribution in [2.75, 3.05) is 30.5 Å². The molecule has 0 radical (unpaired) electrons. The van der Waals surface area contributed by atoms with Crippen molar-refractivity contribution in [1.29, 1.82) is 5.26 Å². The third kappa shape index (κ3) is 5.03. The summed E-state index contributed by atoms with van der Waals surface area (Å²) in [6.07, 6.45) is 8.25. The van der Waals surface area contributed by atoms with Crippen LogP contribution in [0.25, 0.3) is 0 Å². The van der Waals surface area contributed by atoms with E-state index in [4.69, 9.17) is 9.47 Å². The number of ether oxygens (including phenoxy) is 2. The van der Waals surface area contributed by atoms with Crippen molar-refractivity contribution >= 4 is 11.8 Å². The van der Waals surface area contributed by atoms with E-state index in [0.29, 0.717) is 36.1 Å². The highest BCUT2D eigenvalue weighted by atomic mass is 16.5. The highest BCUT2D eigenvalue weighted by Crippen LogP contribution is 2.24. The molecule has 1 aromatic rings. The van der Waals surface area contributed by atoms with Gasteiger partial charge in [-0.05, 0) is 45.4 Å². The average molecular weight is 345 g/mol. The molecule has 0 aromatic carbocycles. The fourth-order valence-corrected chi connectivity index (χ4v) is 3.48. The fraction of sp³-hybridized carbons (Fsp3) is 0.722. The van der Waals surface area contributed by atoms with Crippen LogP contribution in [-0.4, -0.2) is 48.0 Å². The lowest BCUT2D eigenvalue weighted by Crippen LogP contribution is -2.32. The largest absolute Gasteiger partial charge is 0.379 e. The summed E-state index contributed by atoms with van der Waals surface area (Å²) in [7, 11) is 0. The van der Waals surface area contributed by atoms with Gasteiger partial charge >= 0.3 is 0 Å². The van der Waals surface area contributed by atoms with Gasteiger partial charge in [-0.1, -0.05) is 0 Å². The molecular weight excluding hydrogens is 318 g/mol. The van der Waals surface area contributed by atoms with E-state index in [2.05, 4.69) is 26.7 Å². The molecule has 1 atom stereocenters. The third-order valence-corrected chi connectivity index (χ3v) is 4.82. The molecule has 1 saturated heterocycles. The summed E-state index contributed by atoms with van der Waals surface area (Å²) in [4.78, 5) is 8.85. The molecule has 25 heavy (non-hydrogen) atoms. The van der Waals surface area contributed by atoms with Gasteiger partial charge in [-0.2, -0.15) is 10.2 Å². The molecule has 136 valence electrons. The molecule has 2 fully saturated rings. The van der Waals surface area contributed by atoms with Crippen LogP contribution in [0.4, 0.5) is 11.8 Å². The molecule has 1 aliphatic heterocycles. The first-order valence-electron chi connectivity index (χ1n) is 9.28. The third-order valence-electron chi connectivity index (χ3n) is 4.82. The quantitative estimate of drug-likeness (QED) is 0.819. The van der Waals surface area contributed by atoms with Crippen LogP contribution in [0.15, 0.2) is 6.20 Å². The van der Waals surface area contributed by atoms with Gasteiger partial charge in [0.15, 0.2) is 0 Å². The number of aromatic nitrogens is 2. The van der Waals surface area contributed by atoms with Crippen molar-refractivity contribution in [3.05, 3.63) is 11.8 Å². The highest BCUT2D eigenvalue weighted by molar-refractivity contribution is 5.54. The summed E-state index contributed by atoms with van der Waals surface area (Å²) in [6, 6.07) is 2.72. The van der Waals surface area contributed by atoms with Crippen molar-refractivity contribution in [1.82, 2.24) is 9.97 Å². The predicted molar refractivity (Wildman–Crippen MR) is 95.5 cm³/mol. The minimum atomic E-state index is 0.199. The van der Waals surface area contributed by atoms with Crippen LogP contribution in [0.5, 0.6) is 0 Å². The maximum absolute atomic E-state index is 9.30. The van der Waals surface area contributed by atoms with E-state index in [0.717, 1.165) is 51.7 Å². The summed E-state index contributed by atoms with van der Waals surface area (Å²) >= 11 is 0. The number of nitrogens with zero attached hydrogens (tertiary/aromatic N) is 3. The van der Waals surface area contributed by atoms with Gasteiger partial charge in [0.1, 0.15) is 17.5 Å². The standard InChI is InChI=1S/C18H27N5O2/c1-2-25-16-7-5-14(6-8-16)22-18-20-11-13(10-19)17(23-18)21-15-4-3-9-24-12-15/h11,14-16H,2-9,12H2,1H3,(H2,20,21,22,23). The molecule has 1 aromatic heterocycles. The Bertz CT molecular complexity index is 590. The van der Waals surface area contributed by atoms with Crippen molar-refractivity contribution in [3.8, 4) is 6.07 Å². The summed E-state index contributed by atoms with van der Waals surface area (Å²) in [6.45, 7) is 4.28. The van der Waals surface area contributed by atoms with E-state index < -0.39 is 0 Å². The lowest BCUT2D eigenvalue weighted by molar-refractivity contribution is 0.0346. The van der Waals surface area contributed by atoms with Gasteiger partial charge in [-0.15, -0.1) is 0 Å². The number of hydrogen-bond acceptors (Lipinski definition) is 7. The van der Waals surface area contributed by atoms with E-state index in [9.17, 15) is 5.26 Å². The molecule has 2 N–H and O–H groups in total. The predicted octanol–water partition coefficient (Wildman–Crippen LogP) is 2.70. The zero-order valence-electron chi connectivity index (χ0n) is 14.8. The molecule has 2 aliphatic rings. The van der Waals surface area contributed by atoms with Crippen LogP contribution in [0.3, 0.4) is 0 Å². The minimum Gasteiger partial charge on any atom is -0.379 e. The Hall–Kier alpha value is -1.91. The van der Waals surface area contributed by atoms with Crippen molar-refractivity contribution < 1.29 is 9.47 Å². The van der Waals surface area contributed by atoms with Gasteiger partial charge < -0.3 is 20.1 Å². The Morgan fingerprint density at radius 1 is 1.24 bits per heavy atom. The first-order chi connectivity index (χ1) is 12.3. The van der Waals surface area contributed by atoms with Crippen molar-refractivity contribution in [2.45, 2.75) is 63.6 Å². The number of nitrogens with one attached hydrogen (secondary N) is 2. The summed E-state index contributed by atoms with van der Waals surface area (Å²) in [5, 5.41) is 16.1. The average Bonchev–Trinajstić information content (AvgIpc) is 2.65. The van der Waals surface area contributed by atoms with Crippen LogP contribution < -0.4 is 10.6 Å². The van der Waals surface area contributed by atoms with Crippen LogP contribution in [0.2, 0.25) is 0 Å². The molecule has 3 rings (SSSR count). The maximum atomic E-state index is 9.30. The number of hydrogen-bond donors (Lipinski definition) is 2. The molecule has 2 heterocycles. The molecule has 1 aliphatic carbocycles. The van der Waals surface area contributed by atoms with Gasteiger partial charge in [0.05, 0.1) is 24.9 Å². The van der Waals surface area contributed by atoms with Crippen molar-refractivity contribution in [2.24, 2.45) is 0 Å². The van der Waals surface area contributed by atoms with Gasteiger partial charge in [0.25, 0.3) is 0 Å². The normalized spacial score (nSPS) is 26.6. The van der Waals surface area contributed by atoms with Crippen LogP contribution in [0.1, 0.15) is 51.0 Å². The van der Waals surface area contributed by atoms with E-state index in [1.54, 1.807) is 6.20 Å². The van der Waals surface area contributed by atoms with Crippen LogP contribution in [0, 0.1) is 11.3 Å². The van der Waals surface area contributed by atoms with Gasteiger partial charge in [0, 0.05) is 19.3 Å². The Balaban J connectivity index is 1.60. The Kier molecular flexibility index (Phi) is 6.42. The van der Waals surface area contributed by atoms with Crippen LogP contribution >= 0.6 is 0 Å². The Morgan fingerprint density at radius 3 is 2.76 bits per heavy atom. The zero-order chi connectivity index (χ0) is 17.5. The van der Waals surface area contributed by atoms with Gasteiger partial charge in [-0.3, -0.25) is 0 Å². The second-order valence-electron chi connectivity index (χ2n) is 6.70. The molecule has 0 spiro atoms. The zero-order valence-corrected chi connectivity index (χ0v) is 14.8. The monoisotopic (exact) mass is 345 g/mol. The number of anilines is 2. The summed E-state index contributed by atoms with van der Waals surface area (Å²) in [5.41, 5.74) is 0.469. The first-order valence-corrected chi connectivity index (χ1v) is 9.28. The number of rotatable bonds is 6. The molecule has 0 amide bonds. The molecule has 1 unspecified atom stereocenters. The van der Waals surface area contributed by atoms with E-state index in [1.807, 2.05) is 6.92 Å². The lowest BCUT2D eigenvalue weighted by atomic mass is 9.93. The second-order valence-corrected chi connectivity index (χ2v) is 6.70. The molecule has 1 saturated carbocycles. The smallest absolute Gasteiger partial charge is 0.224 e. The highest BCUT2D eigenvalue weighted by Gasteiger charge is 2.22. The van der Waals surface area contributed by atoms with E-state index in [1.165, 1.54) is 0 Å². The van der Waals surface area contributed by atoms with Gasteiger partial charge in [0.2, 0.25) is 5.95 Å².